The fourth-order valence-electron chi connectivity index (χ4n) is 2.46. The number of phenols is 1. The summed E-state index contributed by atoms with van der Waals surface area (Å²) in [5, 5.41) is 15.1. The molecule has 2 atom stereocenters. The predicted octanol–water partition coefficient (Wildman–Crippen LogP) is 2.60. The molecule has 3 N–H and O–H groups in total. The van der Waals surface area contributed by atoms with Crippen LogP contribution in [0.5, 0.6) is 11.5 Å². The van der Waals surface area contributed by atoms with Crippen LogP contribution in [0, 0.1) is 5.92 Å². The Morgan fingerprint density at radius 2 is 2.17 bits per heavy atom. The highest BCUT2D eigenvalue weighted by Gasteiger charge is 2.39. The molecule has 1 fully saturated rings. The van der Waals surface area contributed by atoms with Crippen LogP contribution >= 0.6 is 15.9 Å². The van der Waals surface area contributed by atoms with Crippen molar-refractivity contribution in [1.29, 1.82) is 0 Å². The zero-order chi connectivity index (χ0) is 17.9. The Morgan fingerprint density at radius 3 is 2.79 bits per heavy atom. The molecule has 1 heterocycles. The molecule has 2 rings (SSSR count). The molecule has 130 valence electrons. The quantitative estimate of drug-likeness (QED) is 0.662. The molecule has 1 aliphatic heterocycles. The molecule has 1 aromatic carbocycles. The number of carbonyl (C=O) groups is 2. The Balaban J connectivity index is 2.42. The lowest BCUT2D eigenvalue weighted by molar-refractivity contribution is -0.148. The van der Waals surface area contributed by atoms with E-state index in [9.17, 15) is 14.7 Å². The monoisotopic (exact) mass is 398 g/mol. The van der Waals surface area contributed by atoms with Crippen molar-refractivity contribution in [3.8, 4) is 11.5 Å². The number of rotatable bonds is 5. The number of hydrogen-bond donors (Lipinski definition) is 3. The van der Waals surface area contributed by atoms with Crippen LogP contribution in [-0.4, -0.2) is 30.8 Å². The molecule has 1 aliphatic rings. The van der Waals surface area contributed by atoms with Crippen LogP contribution < -0.4 is 15.4 Å². The first-order valence-corrected chi connectivity index (χ1v) is 8.17. The molecular weight excluding hydrogens is 380 g/mol. The third-order valence-corrected chi connectivity index (χ3v) is 4.21. The van der Waals surface area contributed by atoms with Crippen molar-refractivity contribution in [3.05, 3.63) is 34.4 Å². The van der Waals surface area contributed by atoms with Gasteiger partial charge in [-0.2, -0.15) is 0 Å². The highest BCUT2D eigenvalue weighted by atomic mass is 79.9. The molecule has 2 amide bonds. The lowest BCUT2D eigenvalue weighted by Crippen LogP contribution is -2.51. The highest BCUT2D eigenvalue weighted by molar-refractivity contribution is 9.10. The number of carbonyl (C=O) groups excluding carboxylic acids is 2. The number of aromatic hydroxyl groups is 1. The van der Waals surface area contributed by atoms with E-state index in [1.807, 2.05) is 6.92 Å². The Hall–Kier alpha value is -2.22. The summed E-state index contributed by atoms with van der Waals surface area (Å²) in [6.07, 6.45) is 0.688. The van der Waals surface area contributed by atoms with Crippen molar-refractivity contribution in [1.82, 2.24) is 10.6 Å². The van der Waals surface area contributed by atoms with Gasteiger partial charge < -0.3 is 25.2 Å². The van der Waals surface area contributed by atoms with Gasteiger partial charge >= 0.3 is 12.0 Å². The van der Waals surface area contributed by atoms with Gasteiger partial charge in [0, 0.05) is 5.70 Å². The maximum atomic E-state index is 12.4. The number of hydrogen-bond acceptors (Lipinski definition) is 5. The Morgan fingerprint density at radius 1 is 1.46 bits per heavy atom. The van der Waals surface area contributed by atoms with Gasteiger partial charge in [0.25, 0.3) is 0 Å². The fourth-order valence-corrected chi connectivity index (χ4v) is 2.92. The van der Waals surface area contributed by atoms with Crippen molar-refractivity contribution in [2.75, 3.05) is 13.7 Å². The number of amides is 2. The van der Waals surface area contributed by atoms with Crippen LogP contribution in [0.15, 0.2) is 28.9 Å². The van der Waals surface area contributed by atoms with Crippen molar-refractivity contribution in [2.24, 2.45) is 5.92 Å². The van der Waals surface area contributed by atoms with Crippen molar-refractivity contribution in [2.45, 2.75) is 19.4 Å². The van der Waals surface area contributed by atoms with Gasteiger partial charge in [-0.3, -0.25) is 4.79 Å². The average molecular weight is 399 g/mol. The van der Waals surface area contributed by atoms with Crippen LogP contribution in [0.2, 0.25) is 0 Å². The van der Waals surface area contributed by atoms with Crippen LogP contribution in [-0.2, 0) is 9.53 Å². The second kappa shape index (κ2) is 7.57. The average Bonchev–Trinajstić information content (AvgIpc) is 2.54. The molecule has 0 bridgehead atoms. The van der Waals surface area contributed by atoms with Crippen molar-refractivity contribution < 1.29 is 24.2 Å². The molecule has 0 saturated carbocycles. The zero-order valence-corrected chi connectivity index (χ0v) is 15.0. The maximum absolute atomic E-state index is 12.4. The van der Waals surface area contributed by atoms with E-state index in [2.05, 4.69) is 33.1 Å². The number of esters is 1. The van der Waals surface area contributed by atoms with E-state index in [-0.39, 0.29) is 23.8 Å². The molecule has 1 saturated heterocycles. The minimum atomic E-state index is -0.796. The number of benzene rings is 1. The number of halogens is 1. The molecule has 0 aliphatic carbocycles. The van der Waals surface area contributed by atoms with E-state index in [1.54, 1.807) is 12.1 Å². The second-order valence-electron chi connectivity index (χ2n) is 5.30. The first kappa shape index (κ1) is 18.1. The maximum Gasteiger partial charge on any atom is 0.319 e. The Kier molecular flexibility index (Phi) is 5.71. The SMILES string of the molecule is C=C1NC(=O)N[C@H](c2cc(Br)c(O)c(OC)c2)[C@H]1C(=O)OCCC. The topological polar surface area (TPSA) is 96.9 Å². The summed E-state index contributed by atoms with van der Waals surface area (Å²) in [5.41, 5.74) is 0.832. The molecule has 24 heavy (non-hydrogen) atoms. The van der Waals surface area contributed by atoms with Crippen LogP contribution in [0.4, 0.5) is 4.79 Å². The summed E-state index contributed by atoms with van der Waals surface area (Å²) in [6, 6.07) is 2.01. The van der Waals surface area contributed by atoms with Crippen molar-refractivity contribution in [3.63, 3.8) is 0 Å². The summed E-state index contributed by atoms with van der Waals surface area (Å²) in [7, 11) is 1.41. The van der Waals surface area contributed by atoms with E-state index >= 15 is 0 Å². The molecule has 0 aromatic heterocycles. The fraction of sp³-hybridized carbons (Fsp3) is 0.375. The molecular formula is C16H19BrN2O5. The van der Waals surface area contributed by atoms with Crippen molar-refractivity contribution >= 4 is 27.9 Å². The van der Waals surface area contributed by atoms with E-state index in [1.165, 1.54) is 7.11 Å². The number of phenolic OH excluding ortho intramolecular Hbond substituents is 1. The number of urea groups is 1. The highest BCUT2D eigenvalue weighted by Crippen LogP contribution is 2.40. The Bertz CT molecular complexity index is 677. The minimum Gasteiger partial charge on any atom is -0.503 e. The van der Waals surface area contributed by atoms with Gasteiger partial charge in [-0.15, -0.1) is 0 Å². The van der Waals surface area contributed by atoms with E-state index in [4.69, 9.17) is 9.47 Å². The lowest BCUT2D eigenvalue weighted by atomic mass is 9.89. The third-order valence-electron chi connectivity index (χ3n) is 3.60. The summed E-state index contributed by atoms with van der Waals surface area (Å²) < 4.78 is 10.7. The molecule has 8 heteroatoms. The lowest BCUT2D eigenvalue weighted by Gasteiger charge is -2.33. The van der Waals surface area contributed by atoms with Crippen LogP contribution in [0.3, 0.4) is 0 Å². The second-order valence-corrected chi connectivity index (χ2v) is 6.15. The van der Waals surface area contributed by atoms with Gasteiger partial charge in [0.1, 0.15) is 5.92 Å². The molecule has 0 unspecified atom stereocenters. The van der Waals surface area contributed by atoms with Gasteiger partial charge in [0.15, 0.2) is 11.5 Å². The van der Waals surface area contributed by atoms with E-state index in [0.29, 0.717) is 16.5 Å². The van der Waals surface area contributed by atoms with Gasteiger partial charge in [0.2, 0.25) is 0 Å². The largest absolute Gasteiger partial charge is 0.503 e. The summed E-state index contributed by atoms with van der Waals surface area (Å²) in [6.45, 7) is 5.94. The van der Waals surface area contributed by atoms with Gasteiger partial charge in [-0.05, 0) is 40.0 Å². The first-order chi connectivity index (χ1) is 11.4. The van der Waals surface area contributed by atoms with E-state index < -0.39 is 24.0 Å². The smallest absolute Gasteiger partial charge is 0.319 e. The van der Waals surface area contributed by atoms with Gasteiger partial charge in [-0.25, -0.2) is 4.79 Å². The molecule has 7 nitrogen and oxygen atoms in total. The predicted molar refractivity (Wildman–Crippen MR) is 90.6 cm³/mol. The standard InChI is InChI=1S/C16H19BrN2O5/c1-4-5-24-15(21)12-8(2)18-16(22)19-13(12)9-6-10(17)14(20)11(7-9)23-3/h6-7,12-13,20H,2,4-5H2,1,3H3,(H2,18,19,22)/t12-,13+/m0/s1. The minimum absolute atomic E-state index is 0.0644. The Labute approximate surface area is 148 Å². The summed E-state index contributed by atoms with van der Waals surface area (Å²) in [4.78, 5) is 24.2. The molecule has 0 spiro atoms. The zero-order valence-electron chi connectivity index (χ0n) is 13.4. The van der Waals surface area contributed by atoms with Crippen LogP contribution in [0.25, 0.3) is 0 Å². The summed E-state index contributed by atoms with van der Waals surface area (Å²) in [5.74, 6) is -1.12. The van der Waals surface area contributed by atoms with Gasteiger partial charge in [-0.1, -0.05) is 13.5 Å². The number of ether oxygens (including phenoxy) is 2. The third kappa shape index (κ3) is 3.64. The first-order valence-electron chi connectivity index (χ1n) is 7.38. The van der Waals surface area contributed by atoms with Gasteiger partial charge in [0.05, 0.1) is 24.2 Å². The molecule has 0 radical (unpaired) electrons. The number of methoxy groups -OCH3 is 1. The summed E-state index contributed by atoms with van der Waals surface area (Å²) >= 11 is 3.24. The number of nitrogens with one attached hydrogen (secondary N) is 2. The van der Waals surface area contributed by atoms with E-state index in [0.717, 1.165) is 0 Å². The van der Waals surface area contributed by atoms with Crippen LogP contribution in [0.1, 0.15) is 24.9 Å². The normalized spacial score (nSPS) is 20.1. The molecule has 1 aromatic rings.